The minimum absolute atomic E-state index is 0.00930. The zero-order chi connectivity index (χ0) is 18.4. The molecule has 5 rings (SSSR count). The Morgan fingerprint density at radius 2 is 1.26 bits per heavy atom. The van der Waals surface area contributed by atoms with Gasteiger partial charge in [0.15, 0.2) is 0 Å². The highest BCUT2D eigenvalue weighted by atomic mass is 15.2. The molecule has 0 N–H and O–H groups in total. The highest BCUT2D eigenvalue weighted by Gasteiger charge is 2.36. The first-order valence-electron chi connectivity index (χ1n) is 10.3. The number of para-hydroxylation sites is 2. The topological polar surface area (TPSA) is 3.24 Å². The SMILES string of the molecule is CC1(C)c2ccccc2N(c2ccc3c(c2)CCCCC3)c2ccccc21. The lowest BCUT2D eigenvalue weighted by atomic mass is 9.73. The van der Waals surface area contributed by atoms with Crippen LogP contribution in [-0.2, 0) is 18.3 Å². The van der Waals surface area contributed by atoms with Crippen molar-refractivity contribution in [1.82, 2.24) is 0 Å². The molecule has 2 aliphatic rings. The smallest absolute Gasteiger partial charge is 0.0502 e. The molecule has 0 atom stereocenters. The van der Waals surface area contributed by atoms with Crippen LogP contribution in [0, 0.1) is 0 Å². The molecule has 1 aliphatic carbocycles. The van der Waals surface area contributed by atoms with Gasteiger partial charge in [-0.1, -0.05) is 62.7 Å². The van der Waals surface area contributed by atoms with Gasteiger partial charge in [-0.15, -0.1) is 0 Å². The third-order valence-electron chi connectivity index (χ3n) is 6.48. The molecule has 136 valence electrons. The van der Waals surface area contributed by atoms with Crippen LogP contribution in [0.1, 0.15) is 55.4 Å². The number of aryl methyl sites for hydroxylation is 2. The second kappa shape index (κ2) is 6.27. The Morgan fingerprint density at radius 3 is 1.93 bits per heavy atom. The standard InChI is InChI=1S/C26H27N/c1-26(2)22-12-6-8-14-24(22)27(25-15-9-7-13-23(25)26)21-17-16-19-10-4-3-5-11-20(19)18-21/h6-9,12-18H,3-5,10-11H2,1-2H3. The molecule has 0 bridgehead atoms. The van der Waals surface area contributed by atoms with Crippen LogP contribution in [0.5, 0.6) is 0 Å². The fourth-order valence-electron chi connectivity index (χ4n) is 4.98. The van der Waals surface area contributed by atoms with Gasteiger partial charge in [-0.05, 0) is 72.2 Å². The summed E-state index contributed by atoms with van der Waals surface area (Å²) in [6.45, 7) is 4.69. The molecule has 1 nitrogen and oxygen atoms in total. The van der Waals surface area contributed by atoms with Crippen molar-refractivity contribution in [2.24, 2.45) is 0 Å². The molecule has 0 radical (unpaired) electrons. The summed E-state index contributed by atoms with van der Waals surface area (Å²) in [5.41, 5.74) is 9.84. The van der Waals surface area contributed by atoms with E-state index in [1.165, 1.54) is 60.3 Å². The molecule has 27 heavy (non-hydrogen) atoms. The molecule has 0 amide bonds. The quantitative estimate of drug-likeness (QED) is 0.423. The summed E-state index contributed by atoms with van der Waals surface area (Å²) < 4.78 is 0. The molecule has 3 aromatic carbocycles. The van der Waals surface area contributed by atoms with Crippen LogP contribution in [0.2, 0.25) is 0 Å². The summed E-state index contributed by atoms with van der Waals surface area (Å²) in [6, 6.07) is 25.0. The molecule has 0 saturated carbocycles. The van der Waals surface area contributed by atoms with Gasteiger partial charge in [0.25, 0.3) is 0 Å². The molecular formula is C26H27N. The lowest BCUT2D eigenvalue weighted by Gasteiger charge is -2.42. The molecule has 1 heterocycles. The molecule has 0 aromatic heterocycles. The van der Waals surface area contributed by atoms with Crippen LogP contribution in [-0.4, -0.2) is 0 Å². The van der Waals surface area contributed by atoms with Gasteiger partial charge in [0, 0.05) is 11.1 Å². The number of anilines is 3. The number of hydrogen-bond donors (Lipinski definition) is 0. The number of rotatable bonds is 1. The van der Waals surface area contributed by atoms with Crippen molar-refractivity contribution in [3.05, 3.63) is 89.0 Å². The molecule has 3 aromatic rings. The highest BCUT2D eigenvalue weighted by molar-refractivity contribution is 5.86. The van der Waals surface area contributed by atoms with Crippen molar-refractivity contribution in [3.8, 4) is 0 Å². The number of nitrogens with zero attached hydrogens (tertiary/aromatic N) is 1. The first kappa shape index (κ1) is 16.6. The Bertz CT molecular complexity index is 949. The van der Waals surface area contributed by atoms with E-state index < -0.39 is 0 Å². The Hall–Kier alpha value is -2.54. The van der Waals surface area contributed by atoms with E-state index in [2.05, 4.69) is 85.5 Å². The maximum atomic E-state index is 2.47. The molecule has 1 aliphatic heterocycles. The van der Waals surface area contributed by atoms with E-state index >= 15 is 0 Å². The normalized spacial score (nSPS) is 17.5. The minimum atomic E-state index is 0.00930. The number of benzene rings is 3. The Balaban J connectivity index is 1.73. The van der Waals surface area contributed by atoms with Gasteiger partial charge in [-0.3, -0.25) is 0 Å². The Morgan fingerprint density at radius 1 is 0.667 bits per heavy atom. The van der Waals surface area contributed by atoms with Crippen molar-refractivity contribution in [3.63, 3.8) is 0 Å². The maximum Gasteiger partial charge on any atom is 0.0502 e. The monoisotopic (exact) mass is 353 g/mol. The fraction of sp³-hybridized carbons (Fsp3) is 0.308. The Kier molecular flexibility index (Phi) is 3.86. The zero-order valence-corrected chi connectivity index (χ0v) is 16.3. The first-order valence-corrected chi connectivity index (χ1v) is 10.3. The number of fused-ring (bicyclic) bond motifs is 3. The Labute approximate surface area is 162 Å². The first-order chi connectivity index (χ1) is 13.2. The largest absolute Gasteiger partial charge is 0.310 e. The fourth-order valence-corrected chi connectivity index (χ4v) is 4.98. The van der Waals surface area contributed by atoms with E-state index in [4.69, 9.17) is 0 Å². The summed E-state index contributed by atoms with van der Waals surface area (Å²) in [7, 11) is 0. The summed E-state index contributed by atoms with van der Waals surface area (Å²) in [4.78, 5) is 2.47. The van der Waals surface area contributed by atoms with Gasteiger partial charge >= 0.3 is 0 Å². The molecule has 0 saturated heterocycles. The van der Waals surface area contributed by atoms with Crippen LogP contribution < -0.4 is 4.90 Å². The van der Waals surface area contributed by atoms with Crippen LogP contribution in [0.3, 0.4) is 0 Å². The van der Waals surface area contributed by atoms with Crippen LogP contribution in [0.4, 0.5) is 17.1 Å². The van der Waals surface area contributed by atoms with Crippen molar-refractivity contribution in [1.29, 1.82) is 0 Å². The summed E-state index contributed by atoms with van der Waals surface area (Å²) in [5, 5.41) is 0. The van der Waals surface area contributed by atoms with E-state index in [-0.39, 0.29) is 5.41 Å². The van der Waals surface area contributed by atoms with E-state index in [0.717, 1.165) is 0 Å². The molecule has 0 fully saturated rings. The lowest BCUT2D eigenvalue weighted by Crippen LogP contribution is -2.30. The van der Waals surface area contributed by atoms with Gasteiger partial charge in [-0.25, -0.2) is 0 Å². The van der Waals surface area contributed by atoms with Crippen molar-refractivity contribution in [2.45, 2.75) is 51.4 Å². The van der Waals surface area contributed by atoms with Gasteiger partial charge in [-0.2, -0.15) is 0 Å². The van der Waals surface area contributed by atoms with Crippen LogP contribution in [0.25, 0.3) is 0 Å². The van der Waals surface area contributed by atoms with Crippen LogP contribution >= 0.6 is 0 Å². The van der Waals surface area contributed by atoms with Crippen molar-refractivity contribution >= 4 is 17.1 Å². The van der Waals surface area contributed by atoms with E-state index in [9.17, 15) is 0 Å². The van der Waals surface area contributed by atoms with Gasteiger partial charge in [0.2, 0.25) is 0 Å². The second-order valence-electron chi connectivity index (χ2n) is 8.51. The number of hydrogen-bond acceptors (Lipinski definition) is 1. The minimum Gasteiger partial charge on any atom is -0.310 e. The maximum absolute atomic E-state index is 2.47. The summed E-state index contributed by atoms with van der Waals surface area (Å²) >= 11 is 0. The molecule has 0 spiro atoms. The third kappa shape index (κ3) is 2.60. The van der Waals surface area contributed by atoms with Gasteiger partial charge in [0.1, 0.15) is 0 Å². The van der Waals surface area contributed by atoms with Gasteiger partial charge < -0.3 is 4.90 Å². The third-order valence-corrected chi connectivity index (χ3v) is 6.48. The molecule has 0 unspecified atom stereocenters. The van der Waals surface area contributed by atoms with Crippen LogP contribution in [0.15, 0.2) is 66.7 Å². The average molecular weight is 354 g/mol. The predicted octanol–water partition coefficient (Wildman–Crippen LogP) is 7.06. The summed E-state index contributed by atoms with van der Waals surface area (Å²) in [5.74, 6) is 0. The molecular weight excluding hydrogens is 326 g/mol. The van der Waals surface area contributed by atoms with Crippen molar-refractivity contribution in [2.75, 3.05) is 4.90 Å². The zero-order valence-electron chi connectivity index (χ0n) is 16.3. The highest BCUT2D eigenvalue weighted by Crippen LogP contribution is 2.51. The van der Waals surface area contributed by atoms with Gasteiger partial charge in [0.05, 0.1) is 11.4 Å². The summed E-state index contributed by atoms with van der Waals surface area (Å²) in [6.07, 6.45) is 6.45. The van der Waals surface area contributed by atoms with Crippen molar-refractivity contribution < 1.29 is 0 Å². The lowest BCUT2D eigenvalue weighted by molar-refractivity contribution is 0.632. The van der Waals surface area contributed by atoms with E-state index in [0.29, 0.717) is 0 Å². The predicted molar refractivity (Wildman–Crippen MR) is 115 cm³/mol. The average Bonchev–Trinajstić information content (AvgIpc) is 2.93. The van der Waals surface area contributed by atoms with E-state index in [1.807, 2.05) is 0 Å². The second-order valence-corrected chi connectivity index (χ2v) is 8.51. The van der Waals surface area contributed by atoms with E-state index in [1.54, 1.807) is 11.1 Å². The molecule has 1 heteroatoms.